The summed E-state index contributed by atoms with van der Waals surface area (Å²) >= 11 is 1.25. The van der Waals surface area contributed by atoms with Crippen molar-refractivity contribution < 1.29 is 15.0 Å². The van der Waals surface area contributed by atoms with Gasteiger partial charge in [0, 0.05) is 5.75 Å². The van der Waals surface area contributed by atoms with Crippen molar-refractivity contribution in [2.75, 3.05) is 18.1 Å². The Morgan fingerprint density at radius 2 is 2.33 bits per heavy atom. The largest absolute Gasteiger partial charge is 0.394 e. The Hall–Kier alpha value is -0.0600. The zero-order valence-corrected chi connectivity index (χ0v) is 5.73. The van der Waals surface area contributed by atoms with Crippen molar-refractivity contribution in [3.05, 3.63) is 0 Å². The van der Waals surface area contributed by atoms with E-state index in [-0.39, 0.29) is 12.4 Å². The van der Waals surface area contributed by atoms with Crippen LogP contribution in [0.15, 0.2) is 0 Å². The van der Waals surface area contributed by atoms with Crippen molar-refractivity contribution in [3.63, 3.8) is 0 Å². The van der Waals surface area contributed by atoms with Crippen LogP contribution in [0.2, 0.25) is 0 Å². The van der Waals surface area contributed by atoms with Gasteiger partial charge in [-0.15, -0.1) is 0 Å². The minimum atomic E-state index is -0.705. The Kier molecular flexibility index (Phi) is 6.03. The summed E-state index contributed by atoms with van der Waals surface area (Å²) in [5.41, 5.74) is 0. The van der Waals surface area contributed by atoms with Gasteiger partial charge in [0.25, 0.3) is 0 Å². The normalized spacial score (nSPS) is 13.1. The van der Waals surface area contributed by atoms with Gasteiger partial charge in [0.2, 0.25) is 6.29 Å². The summed E-state index contributed by atoms with van der Waals surface area (Å²) in [6, 6.07) is 0. The first-order chi connectivity index (χ1) is 4.31. The maximum Gasteiger partial charge on any atom is 0.209 e. The van der Waals surface area contributed by atoms with Crippen LogP contribution < -0.4 is 0 Å². The number of aliphatic hydroxyl groups is 2. The highest BCUT2D eigenvalue weighted by Gasteiger charge is 1.99. The van der Waals surface area contributed by atoms with E-state index in [0.29, 0.717) is 5.75 Å². The number of aliphatic hydroxyl groups excluding tert-OH is 2. The van der Waals surface area contributed by atoms with Gasteiger partial charge in [-0.05, 0) is 0 Å². The fourth-order valence-electron chi connectivity index (χ4n) is 0.289. The van der Waals surface area contributed by atoms with E-state index in [4.69, 9.17) is 10.2 Å². The predicted octanol–water partition coefficient (Wildman–Crippen LogP) is -0.818. The minimum Gasteiger partial charge on any atom is -0.394 e. The lowest BCUT2D eigenvalue weighted by atomic mass is 10.4. The third-order valence-corrected chi connectivity index (χ3v) is 1.62. The van der Waals surface area contributed by atoms with Crippen molar-refractivity contribution in [1.82, 2.24) is 0 Å². The quantitative estimate of drug-likeness (QED) is 0.502. The summed E-state index contributed by atoms with van der Waals surface area (Å²) in [5.74, 6) is 0.656. The molecule has 0 aliphatic heterocycles. The highest BCUT2D eigenvalue weighted by atomic mass is 32.2. The van der Waals surface area contributed by atoms with Gasteiger partial charge in [0.1, 0.15) is 0 Å². The molecule has 1 atom stereocenters. The molecule has 0 aromatic heterocycles. The van der Waals surface area contributed by atoms with Crippen molar-refractivity contribution in [2.24, 2.45) is 0 Å². The molecule has 0 heterocycles. The van der Waals surface area contributed by atoms with E-state index in [9.17, 15) is 4.79 Å². The first-order valence-corrected chi connectivity index (χ1v) is 3.68. The summed E-state index contributed by atoms with van der Waals surface area (Å²) in [6.45, 7) is -0.244. The molecule has 0 saturated carbocycles. The Balaban J connectivity index is 2.96. The Bertz CT molecular complexity index is 76.6. The smallest absolute Gasteiger partial charge is 0.209 e. The lowest BCUT2D eigenvalue weighted by Crippen LogP contribution is -2.14. The lowest BCUT2D eigenvalue weighted by molar-refractivity contribution is 0.113. The fourth-order valence-corrected chi connectivity index (χ4v) is 0.868. The molecular formula is C5H9O3S. The summed E-state index contributed by atoms with van der Waals surface area (Å²) in [4.78, 5) is 9.58. The first kappa shape index (κ1) is 8.94. The van der Waals surface area contributed by atoms with Crippen LogP contribution >= 0.6 is 11.8 Å². The molecule has 0 saturated heterocycles. The van der Waals surface area contributed by atoms with Crippen LogP contribution in [0.4, 0.5) is 0 Å². The molecule has 4 heteroatoms. The van der Waals surface area contributed by atoms with Crippen LogP contribution in [-0.2, 0) is 4.79 Å². The van der Waals surface area contributed by atoms with Gasteiger partial charge in [0.15, 0.2) is 0 Å². The van der Waals surface area contributed by atoms with E-state index < -0.39 is 6.10 Å². The zero-order valence-electron chi connectivity index (χ0n) is 4.91. The molecule has 0 aromatic rings. The molecule has 0 fully saturated rings. The average Bonchev–Trinajstić information content (AvgIpc) is 1.89. The van der Waals surface area contributed by atoms with Crippen LogP contribution in [0.1, 0.15) is 0 Å². The molecule has 9 heavy (non-hydrogen) atoms. The Morgan fingerprint density at radius 3 is 2.78 bits per heavy atom. The molecule has 0 rings (SSSR count). The molecule has 0 amide bonds. The number of carbonyl (C=O) groups excluding carboxylic acids is 1. The van der Waals surface area contributed by atoms with Crippen molar-refractivity contribution in [1.29, 1.82) is 0 Å². The topological polar surface area (TPSA) is 57.5 Å². The van der Waals surface area contributed by atoms with E-state index in [1.54, 1.807) is 6.29 Å². The molecule has 0 aliphatic rings. The molecule has 0 bridgehead atoms. The molecule has 1 unspecified atom stereocenters. The third-order valence-electron chi connectivity index (χ3n) is 0.682. The summed E-state index contributed by atoms with van der Waals surface area (Å²) in [7, 11) is 0. The lowest BCUT2D eigenvalue weighted by Gasteiger charge is -2.02. The molecule has 0 aromatic carbocycles. The van der Waals surface area contributed by atoms with Gasteiger partial charge in [-0.25, -0.2) is 0 Å². The Labute approximate surface area is 58.1 Å². The van der Waals surface area contributed by atoms with Crippen LogP contribution in [-0.4, -0.2) is 40.7 Å². The van der Waals surface area contributed by atoms with Crippen LogP contribution in [0, 0.1) is 0 Å². The van der Waals surface area contributed by atoms with Crippen LogP contribution in [0.25, 0.3) is 0 Å². The SMILES string of the molecule is O=[C]CSCC(O)CO. The highest BCUT2D eigenvalue weighted by molar-refractivity contribution is 7.99. The van der Waals surface area contributed by atoms with Gasteiger partial charge >= 0.3 is 0 Å². The predicted molar refractivity (Wildman–Crippen MR) is 36.1 cm³/mol. The average molecular weight is 149 g/mol. The molecule has 3 nitrogen and oxygen atoms in total. The van der Waals surface area contributed by atoms with E-state index >= 15 is 0 Å². The van der Waals surface area contributed by atoms with Gasteiger partial charge in [0.05, 0.1) is 18.5 Å². The standard InChI is InChI=1S/C5H9O3S/c6-1-2-9-4-5(8)3-7/h5,7-8H,2-4H2. The van der Waals surface area contributed by atoms with E-state index in [1.807, 2.05) is 0 Å². The number of thioether (sulfide) groups is 1. The Morgan fingerprint density at radius 1 is 1.67 bits per heavy atom. The maximum atomic E-state index is 9.58. The van der Waals surface area contributed by atoms with Gasteiger partial charge in [-0.2, -0.15) is 11.8 Å². The van der Waals surface area contributed by atoms with Gasteiger partial charge in [-0.3, -0.25) is 4.79 Å². The molecule has 0 spiro atoms. The van der Waals surface area contributed by atoms with E-state index in [0.717, 1.165) is 0 Å². The molecule has 0 aliphatic carbocycles. The van der Waals surface area contributed by atoms with Gasteiger partial charge in [-0.1, -0.05) is 0 Å². The maximum absolute atomic E-state index is 9.58. The number of hydrogen-bond donors (Lipinski definition) is 2. The van der Waals surface area contributed by atoms with Crippen molar-refractivity contribution in [2.45, 2.75) is 6.10 Å². The first-order valence-electron chi connectivity index (χ1n) is 2.53. The zero-order chi connectivity index (χ0) is 7.11. The third kappa shape index (κ3) is 5.82. The summed E-state index contributed by atoms with van der Waals surface area (Å²) in [5, 5.41) is 17.0. The second-order valence-electron chi connectivity index (χ2n) is 1.50. The second-order valence-corrected chi connectivity index (χ2v) is 2.53. The molecule has 2 N–H and O–H groups in total. The molecular weight excluding hydrogens is 140 g/mol. The molecule has 53 valence electrons. The minimum absolute atomic E-state index is 0.244. The highest BCUT2D eigenvalue weighted by Crippen LogP contribution is 1.99. The molecule has 1 radical (unpaired) electrons. The van der Waals surface area contributed by atoms with E-state index in [1.165, 1.54) is 11.8 Å². The van der Waals surface area contributed by atoms with Crippen molar-refractivity contribution in [3.8, 4) is 0 Å². The summed E-state index contributed by atoms with van der Waals surface area (Å²) in [6.07, 6.45) is 0.962. The monoisotopic (exact) mass is 149 g/mol. The fraction of sp³-hybridized carbons (Fsp3) is 0.800. The van der Waals surface area contributed by atoms with E-state index in [2.05, 4.69) is 0 Å². The number of rotatable bonds is 5. The van der Waals surface area contributed by atoms with Crippen molar-refractivity contribution >= 4 is 18.0 Å². The number of hydrogen-bond acceptors (Lipinski definition) is 4. The second kappa shape index (κ2) is 6.07. The van der Waals surface area contributed by atoms with Crippen LogP contribution in [0.3, 0.4) is 0 Å². The summed E-state index contributed by atoms with van der Waals surface area (Å²) < 4.78 is 0. The van der Waals surface area contributed by atoms with Gasteiger partial charge < -0.3 is 10.2 Å². The van der Waals surface area contributed by atoms with Crippen LogP contribution in [0.5, 0.6) is 0 Å².